The summed E-state index contributed by atoms with van der Waals surface area (Å²) >= 11 is 3.20. The Morgan fingerprint density at radius 1 is 1.18 bits per heavy atom. The van der Waals surface area contributed by atoms with E-state index >= 15 is 0 Å². The highest BCUT2D eigenvalue weighted by molar-refractivity contribution is 9.09. The molecule has 0 aromatic carbocycles. The van der Waals surface area contributed by atoms with Crippen LogP contribution >= 0.6 is 15.9 Å². The van der Waals surface area contributed by atoms with Crippen LogP contribution in [0.1, 0.15) is 34.6 Å². The van der Waals surface area contributed by atoms with E-state index in [1.54, 1.807) is 27.7 Å². The van der Waals surface area contributed by atoms with Gasteiger partial charge in [0.05, 0.1) is 5.57 Å². The Hall–Kier alpha value is -0.840. The molecule has 0 radical (unpaired) electrons. The number of ether oxygens (including phenoxy) is 2. The van der Waals surface area contributed by atoms with Crippen LogP contribution in [-0.2, 0) is 19.1 Å². The van der Waals surface area contributed by atoms with Gasteiger partial charge in [-0.15, -0.1) is 0 Å². The predicted molar refractivity (Wildman–Crippen MR) is 69.0 cm³/mol. The Bertz CT molecular complexity index is 330. The summed E-state index contributed by atoms with van der Waals surface area (Å²) in [6.07, 6.45) is 0. The molecule has 0 amide bonds. The van der Waals surface area contributed by atoms with E-state index in [4.69, 9.17) is 9.47 Å². The number of carbonyl (C=O) groups excluding carboxylic acids is 2. The SMILES string of the molecule is C=C(C(=O)OC(C)(C)C)C(C)(CBr)OC(C)=O. The largest absolute Gasteiger partial charge is 0.457 e. The molecule has 0 aliphatic heterocycles. The molecule has 0 N–H and O–H groups in total. The summed E-state index contributed by atoms with van der Waals surface area (Å²) in [6.45, 7) is 11.8. The van der Waals surface area contributed by atoms with Crippen molar-refractivity contribution in [3.63, 3.8) is 0 Å². The Morgan fingerprint density at radius 3 is 1.94 bits per heavy atom. The van der Waals surface area contributed by atoms with Crippen molar-refractivity contribution in [3.05, 3.63) is 12.2 Å². The second-order valence-corrected chi connectivity index (χ2v) is 5.50. The zero-order valence-corrected chi connectivity index (χ0v) is 12.5. The third-order valence-corrected chi connectivity index (χ3v) is 2.98. The van der Waals surface area contributed by atoms with Crippen molar-refractivity contribution in [1.29, 1.82) is 0 Å². The molecule has 0 aliphatic rings. The lowest BCUT2D eigenvalue weighted by molar-refractivity contribution is -0.157. The molecule has 0 aromatic rings. The number of carbonyl (C=O) groups is 2. The summed E-state index contributed by atoms with van der Waals surface area (Å²) in [5, 5.41) is 0.275. The van der Waals surface area contributed by atoms with Crippen molar-refractivity contribution >= 4 is 27.9 Å². The molecule has 0 bridgehead atoms. The number of alkyl halides is 1. The van der Waals surface area contributed by atoms with E-state index < -0.39 is 23.1 Å². The fraction of sp³-hybridized carbons (Fsp3) is 0.667. The lowest BCUT2D eigenvalue weighted by Gasteiger charge is -2.30. The van der Waals surface area contributed by atoms with Crippen molar-refractivity contribution in [1.82, 2.24) is 0 Å². The van der Waals surface area contributed by atoms with Gasteiger partial charge >= 0.3 is 11.9 Å². The maximum atomic E-state index is 11.8. The highest BCUT2D eigenvalue weighted by Gasteiger charge is 2.36. The molecule has 5 heteroatoms. The van der Waals surface area contributed by atoms with Gasteiger partial charge in [0.25, 0.3) is 0 Å². The average Bonchev–Trinajstić information content (AvgIpc) is 2.12. The first kappa shape index (κ1) is 16.2. The number of halogens is 1. The molecule has 98 valence electrons. The normalized spacial score (nSPS) is 14.7. The first-order valence-corrected chi connectivity index (χ1v) is 6.32. The molecule has 1 unspecified atom stereocenters. The second kappa shape index (κ2) is 5.67. The van der Waals surface area contributed by atoms with E-state index in [1.807, 2.05) is 0 Å². The number of esters is 2. The molecule has 4 nitrogen and oxygen atoms in total. The first-order valence-electron chi connectivity index (χ1n) is 5.20. The molecular weight excluding hydrogens is 288 g/mol. The van der Waals surface area contributed by atoms with E-state index in [9.17, 15) is 9.59 Å². The number of hydrogen-bond donors (Lipinski definition) is 0. The molecule has 0 rings (SSSR count). The monoisotopic (exact) mass is 306 g/mol. The minimum Gasteiger partial charge on any atom is -0.457 e. The predicted octanol–water partition coefficient (Wildman–Crippen LogP) is 2.60. The molecule has 0 fully saturated rings. The molecule has 0 aliphatic carbocycles. The van der Waals surface area contributed by atoms with Gasteiger partial charge in [-0.05, 0) is 27.7 Å². The summed E-state index contributed by atoms with van der Waals surface area (Å²) in [5.74, 6) is -1.04. The summed E-state index contributed by atoms with van der Waals surface area (Å²) in [7, 11) is 0. The van der Waals surface area contributed by atoms with Crippen LogP contribution < -0.4 is 0 Å². The van der Waals surface area contributed by atoms with Gasteiger partial charge in [0.1, 0.15) is 5.60 Å². The zero-order chi connectivity index (χ0) is 13.9. The fourth-order valence-corrected chi connectivity index (χ4v) is 1.50. The highest BCUT2D eigenvalue weighted by atomic mass is 79.9. The molecule has 1 atom stereocenters. The maximum absolute atomic E-state index is 11.8. The Morgan fingerprint density at radius 2 is 1.65 bits per heavy atom. The minimum atomic E-state index is -1.09. The zero-order valence-electron chi connectivity index (χ0n) is 10.9. The smallest absolute Gasteiger partial charge is 0.338 e. The van der Waals surface area contributed by atoms with Crippen LogP contribution in [0.25, 0.3) is 0 Å². The second-order valence-electron chi connectivity index (χ2n) is 4.94. The fourth-order valence-electron chi connectivity index (χ4n) is 1.04. The lowest BCUT2D eigenvalue weighted by atomic mass is 9.99. The van der Waals surface area contributed by atoms with Crippen molar-refractivity contribution in [2.75, 3.05) is 5.33 Å². The van der Waals surface area contributed by atoms with Crippen molar-refractivity contribution in [3.8, 4) is 0 Å². The van der Waals surface area contributed by atoms with Crippen LogP contribution in [0.5, 0.6) is 0 Å². The maximum Gasteiger partial charge on any atom is 0.338 e. The van der Waals surface area contributed by atoms with Crippen LogP contribution in [-0.4, -0.2) is 28.5 Å². The van der Waals surface area contributed by atoms with Gasteiger partial charge in [-0.2, -0.15) is 0 Å². The van der Waals surface area contributed by atoms with Crippen LogP contribution in [0.15, 0.2) is 12.2 Å². The topological polar surface area (TPSA) is 52.6 Å². The van der Waals surface area contributed by atoms with Gasteiger partial charge in [0, 0.05) is 12.3 Å². The third-order valence-electron chi connectivity index (χ3n) is 1.91. The van der Waals surface area contributed by atoms with E-state index in [0.717, 1.165) is 0 Å². The quantitative estimate of drug-likeness (QED) is 0.455. The standard InChI is InChI=1S/C12H19BrO4/c1-8(10(15)17-11(3,4)5)12(6,7-13)16-9(2)14/h1,7H2,2-6H3. The Labute approximate surface area is 110 Å². The summed E-state index contributed by atoms with van der Waals surface area (Å²) in [5.41, 5.74) is -1.59. The van der Waals surface area contributed by atoms with Crippen LogP contribution in [0.3, 0.4) is 0 Å². The number of rotatable bonds is 4. The van der Waals surface area contributed by atoms with Crippen LogP contribution in [0, 0.1) is 0 Å². The Kier molecular flexibility index (Phi) is 5.39. The molecule has 0 spiro atoms. The molecule has 0 heterocycles. The van der Waals surface area contributed by atoms with Gasteiger partial charge in [0.2, 0.25) is 0 Å². The van der Waals surface area contributed by atoms with Gasteiger partial charge < -0.3 is 9.47 Å². The van der Waals surface area contributed by atoms with Crippen LogP contribution in [0.4, 0.5) is 0 Å². The molecule has 17 heavy (non-hydrogen) atoms. The van der Waals surface area contributed by atoms with Gasteiger partial charge in [-0.1, -0.05) is 22.5 Å². The summed E-state index contributed by atoms with van der Waals surface area (Å²) in [6, 6.07) is 0. The van der Waals surface area contributed by atoms with Gasteiger partial charge in [-0.25, -0.2) is 4.79 Å². The third kappa shape index (κ3) is 5.35. The molecule has 0 saturated heterocycles. The van der Waals surface area contributed by atoms with Crippen molar-refractivity contribution < 1.29 is 19.1 Å². The summed E-state index contributed by atoms with van der Waals surface area (Å²) < 4.78 is 10.3. The molecular formula is C12H19BrO4. The van der Waals surface area contributed by atoms with Crippen molar-refractivity contribution in [2.24, 2.45) is 0 Å². The van der Waals surface area contributed by atoms with Gasteiger partial charge in [-0.3, -0.25) is 4.79 Å². The molecule has 0 saturated carbocycles. The average molecular weight is 307 g/mol. The summed E-state index contributed by atoms with van der Waals surface area (Å²) in [4.78, 5) is 22.8. The van der Waals surface area contributed by atoms with Crippen LogP contribution in [0.2, 0.25) is 0 Å². The lowest BCUT2D eigenvalue weighted by Crippen LogP contribution is -2.40. The minimum absolute atomic E-state index is 0.111. The Balaban J connectivity index is 4.87. The van der Waals surface area contributed by atoms with E-state index in [2.05, 4.69) is 22.5 Å². The van der Waals surface area contributed by atoms with Crippen molar-refractivity contribution in [2.45, 2.75) is 45.8 Å². The van der Waals surface area contributed by atoms with Gasteiger partial charge in [0.15, 0.2) is 5.60 Å². The highest BCUT2D eigenvalue weighted by Crippen LogP contribution is 2.25. The van der Waals surface area contributed by atoms with E-state index in [-0.39, 0.29) is 10.9 Å². The van der Waals surface area contributed by atoms with E-state index in [1.165, 1.54) is 6.92 Å². The van der Waals surface area contributed by atoms with E-state index in [0.29, 0.717) is 0 Å². The number of hydrogen-bond acceptors (Lipinski definition) is 4. The first-order chi connectivity index (χ1) is 7.52. The molecule has 0 aromatic heterocycles.